The molecule has 1 rings (SSSR count). The van der Waals surface area contributed by atoms with Crippen molar-refractivity contribution in [1.82, 2.24) is 4.89 Å². The number of hydrogen-bond acceptors (Lipinski definition) is 3. The van der Waals surface area contributed by atoms with Gasteiger partial charge in [-0.25, -0.2) is 8.42 Å². The normalized spacial score (nSPS) is 12.8. The molecule has 0 aliphatic rings. The zero-order chi connectivity index (χ0) is 13.3. The molecular weight excluding hydrogens is 285 g/mol. The van der Waals surface area contributed by atoms with E-state index in [1.54, 1.807) is 20.8 Å². The van der Waals surface area contributed by atoms with Crippen LogP contribution in [0.4, 0.5) is 0 Å². The fourth-order valence-corrected chi connectivity index (χ4v) is 2.59. The number of hydrogen-bond donors (Lipinski definition) is 1. The monoisotopic (exact) mass is 297 g/mol. The molecule has 0 bridgehead atoms. The molecule has 1 aromatic carbocycles. The molecule has 0 aromatic heterocycles. The van der Waals surface area contributed by atoms with Crippen molar-refractivity contribution in [3.63, 3.8) is 0 Å². The molecule has 0 saturated heterocycles. The molecule has 0 unspecified atom stereocenters. The maximum Gasteiger partial charge on any atom is 0.262 e. The Bertz CT molecular complexity index is 489. The summed E-state index contributed by atoms with van der Waals surface area (Å²) in [6.45, 7) is 5.17. The van der Waals surface area contributed by atoms with Gasteiger partial charge in [0.2, 0.25) is 0 Å². The van der Waals surface area contributed by atoms with Crippen molar-refractivity contribution in [2.24, 2.45) is 0 Å². The molecule has 0 radical (unpaired) electrons. The molecule has 17 heavy (non-hydrogen) atoms. The predicted molar refractivity (Wildman–Crippen MR) is 67.6 cm³/mol. The molecule has 0 atom stereocenters. The first-order valence-corrected chi connectivity index (χ1v) is 7.00. The van der Waals surface area contributed by atoms with Gasteiger partial charge in [-0.05, 0) is 39.0 Å². The lowest BCUT2D eigenvalue weighted by Gasteiger charge is -2.19. The predicted octanol–water partition coefficient (Wildman–Crippen LogP) is 3.00. The highest BCUT2D eigenvalue weighted by Crippen LogP contribution is 2.22. The molecule has 96 valence electrons. The van der Waals surface area contributed by atoms with Crippen LogP contribution in [0.2, 0.25) is 10.0 Å². The van der Waals surface area contributed by atoms with Crippen molar-refractivity contribution < 1.29 is 13.3 Å². The summed E-state index contributed by atoms with van der Waals surface area (Å²) in [6, 6.07) is 4.04. The summed E-state index contributed by atoms with van der Waals surface area (Å²) < 4.78 is 23.7. The second-order valence-corrected chi connectivity index (χ2v) is 6.92. The smallest absolute Gasteiger partial charge is 0.262 e. The third-order valence-electron chi connectivity index (χ3n) is 1.60. The van der Waals surface area contributed by atoms with Gasteiger partial charge in [-0.2, -0.15) is 0 Å². The number of benzene rings is 1. The van der Waals surface area contributed by atoms with Crippen LogP contribution >= 0.6 is 23.2 Å². The van der Waals surface area contributed by atoms with E-state index in [0.29, 0.717) is 0 Å². The van der Waals surface area contributed by atoms with Crippen LogP contribution in [0.5, 0.6) is 0 Å². The summed E-state index contributed by atoms with van der Waals surface area (Å²) in [4.78, 5) is 6.99. The Labute approximate surface area is 111 Å². The SMILES string of the molecule is CC(C)(C)ONS(=O)(=O)c1cc(Cl)cc(Cl)c1. The van der Waals surface area contributed by atoms with Gasteiger partial charge in [-0.15, -0.1) is 0 Å². The van der Waals surface area contributed by atoms with Crippen molar-refractivity contribution >= 4 is 33.2 Å². The molecular formula is C10H13Cl2NO3S. The summed E-state index contributed by atoms with van der Waals surface area (Å²) >= 11 is 11.5. The molecule has 0 amide bonds. The number of halogens is 2. The summed E-state index contributed by atoms with van der Waals surface area (Å²) in [5.74, 6) is 0. The average molecular weight is 298 g/mol. The minimum atomic E-state index is -3.78. The van der Waals surface area contributed by atoms with Crippen LogP contribution in [0.15, 0.2) is 23.1 Å². The van der Waals surface area contributed by atoms with Crippen molar-refractivity contribution in [1.29, 1.82) is 0 Å². The van der Waals surface area contributed by atoms with E-state index in [1.807, 2.05) is 4.89 Å². The molecule has 4 nitrogen and oxygen atoms in total. The third-order valence-corrected chi connectivity index (χ3v) is 3.20. The Morgan fingerprint density at radius 2 is 1.59 bits per heavy atom. The lowest BCUT2D eigenvalue weighted by molar-refractivity contribution is -0.0357. The van der Waals surface area contributed by atoms with Crippen LogP contribution in [0.3, 0.4) is 0 Å². The highest BCUT2D eigenvalue weighted by atomic mass is 35.5. The summed E-state index contributed by atoms with van der Waals surface area (Å²) in [7, 11) is -3.78. The Morgan fingerprint density at radius 1 is 1.12 bits per heavy atom. The van der Waals surface area contributed by atoms with E-state index < -0.39 is 15.6 Å². The molecule has 0 saturated carbocycles. The zero-order valence-corrected chi connectivity index (χ0v) is 11.9. The molecule has 7 heteroatoms. The molecule has 1 N–H and O–H groups in total. The van der Waals surface area contributed by atoms with E-state index in [-0.39, 0.29) is 14.9 Å². The van der Waals surface area contributed by atoms with Gasteiger partial charge < -0.3 is 0 Å². The van der Waals surface area contributed by atoms with Gasteiger partial charge in [0.15, 0.2) is 0 Å². The van der Waals surface area contributed by atoms with Crippen LogP contribution in [-0.2, 0) is 14.9 Å². The molecule has 1 aromatic rings. The molecule has 0 aliphatic heterocycles. The Balaban J connectivity index is 2.98. The lowest BCUT2D eigenvalue weighted by Crippen LogP contribution is -2.33. The summed E-state index contributed by atoms with van der Waals surface area (Å²) in [5, 5.41) is 0.488. The quantitative estimate of drug-likeness (QED) is 0.873. The van der Waals surface area contributed by atoms with Crippen LogP contribution < -0.4 is 4.89 Å². The van der Waals surface area contributed by atoms with E-state index in [9.17, 15) is 8.42 Å². The van der Waals surface area contributed by atoms with Gasteiger partial charge in [-0.1, -0.05) is 28.1 Å². The molecule has 0 spiro atoms. The third kappa shape index (κ3) is 4.81. The Morgan fingerprint density at radius 3 is 2.00 bits per heavy atom. The van der Waals surface area contributed by atoms with Crippen molar-refractivity contribution in [3.05, 3.63) is 28.2 Å². The van der Waals surface area contributed by atoms with Gasteiger partial charge in [0, 0.05) is 10.0 Å². The number of nitrogens with one attached hydrogen (secondary N) is 1. The first-order chi connectivity index (χ1) is 7.60. The average Bonchev–Trinajstić information content (AvgIpc) is 2.12. The highest BCUT2D eigenvalue weighted by Gasteiger charge is 2.20. The van der Waals surface area contributed by atoms with E-state index in [2.05, 4.69) is 0 Å². The second kappa shape index (κ2) is 5.12. The van der Waals surface area contributed by atoms with E-state index in [1.165, 1.54) is 18.2 Å². The largest absolute Gasteiger partial charge is 0.281 e. The molecule has 0 fully saturated rings. The lowest BCUT2D eigenvalue weighted by atomic mass is 10.2. The number of sulfonamides is 1. The standard InChI is InChI=1S/C10H13Cl2NO3S/c1-10(2,3)16-13-17(14,15)9-5-7(11)4-8(12)6-9/h4-6,13H,1-3H3. The topological polar surface area (TPSA) is 55.4 Å². The van der Waals surface area contributed by atoms with Crippen molar-refractivity contribution in [3.8, 4) is 0 Å². The zero-order valence-electron chi connectivity index (χ0n) is 9.62. The van der Waals surface area contributed by atoms with Crippen LogP contribution in [-0.4, -0.2) is 14.0 Å². The summed E-state index contributed by atoms with van der Waals surface area (Å²) in [6.07, 6.45) is 0. The van der Waals surface area contributed by atoms with Crippen LogP contribution in [0.1, 0.15) is 20.8 Å². The fraction of sp³-hybridized carbons (Fsp3) is 0.400. The molecule has 0 aliphatic carbocycles. The maximum atomic E-state index is 11.8. The highest BCUT2D eigenvalue weighted by molar-refractivity contribution is 7.89. The second-order valence-electron chi connectivity index (χ2n) is 4.41. The summed E-state index contributed by atoms with van der Waals surface area (Å²) in [5.41, 5.74) is -0.630. The van der Waals surface area contributed by atoms with Gasteiger partial charge in [0.25, 0.3) is 10.0 Å². The maximum absolute atomic E-state index is 11.8. The van der Waals surface area contributed by atoms with Crippen molar-refractivity contribution in [2.45, 2.75) is 31.3 Å². The van der Waals surface area contributed by atoms with E-state index in [4.69, 9.17) is 28.0 Å². The van der Waals surface area contributed by atoms with Gasteiger partial charge >= 0.3 is 0 Å². The minimum absolute atomic E-state index is 0.0424. The Hall–Kier alpha value is -0.330. The van der Waals surface area contributed by atoms with Gasteiger partial charge in [0.05, 0.1) is 10.5 Å². The Kier molecular flexibility index (Phi) is 4.43. The van der Waals surface area contributed by atoms with Gasteiger partial charge in [-0.3, -0.25) is 4.84 Å². The molecule has 0 heterocycles. The van der Waals surface area contributed by atoms with Gasteiger partial charge in [0.1, 0.15) is 0 Å². The van der Waals surface area contributed by atoms with Crippen LogP contribution in [0.25, 0.3) is 0 Å². The number of rotatable bonds is 3. The van der Waals surface area contributed by atoms with Crippen LogP contribution in [0, 0.1) is 0 Å². The van der Waals surface area contributed by atoms with E-state index in [0.717, 1.165) is 0 Å². The first-order valence-electron chi connectivity index (χ1n) is 4.76. The fourth-order valence-electron chi connectivity index (χ4n) is 0.912. The minimum Gasteiger partial charge on any atom is -0.281 e. The van der Waals surface area contributed by atoms with E-state index >= 15 is 0 Å². The van der Waals surface area contributed by atoms with Crippen molar-refractivity contribution in [2.75, 3.05) is 0 Å². The first kappa shape index (κ1) is 14.7.